The second-order valence-electron chi connectivity index (χ2n) is 4.60. The van der Waals surface area contributed by atoms with Crippen molar-refractivity contribution in [1.29, 1.82) is 0 Å². The lowest BCUT2D eigenvalue weighted by Gasteiger charge is -2.06. The summed E-state index contributed by atoms with van der Waals surface area (Å²) in [6.07, 6.45) is 1.87. The molecule has 1 aliphatic rings. The molecule has 0 bridgehead atoms. The molecule has 4 nitrogen and oxygen atoms in total. The number of rotatable bonds is 4. The lowest BCUT2D eigenvalue weighted by Crippen LogP contribution is -2.27. The van der Waals surface area contributed by atoms with Crippen LogP contribution in [0.2, 0.25) is 0 Å². The fourth-order valence-electron chi connectivity index (χ4n) is 1.96. The van der Waals surface area contributed by atoms with Gasteiger partial charge in [0, 0.05) is 22.3 Å². The molecule has 1 saturated carbocycles. The van der Waals surface area contributed by atoms with Gasteiger partial charge in [0.2, 0.25) is 0 Å². The quantitative estimate of drug-likeness (QED) is 0.868. The summed E-state index contributed by atoms with van der Waals surface area (Å²) >= 11 is 0. The molecule has 1 aliphatic carbocycles. The van der Waals surface area contributed by atoms with Crippen LogP contribution in [-0.4, -0.2) is 20.4 Å². The van der Waals surface area contributed by atoms with Gasteiger partial charge in [0.15, 0.2) is 0 Å². The molecule has 1 aromatic carbocycles. The van der Waals surface area contributed by atoms with Crippen LogP contribution in [-0.2, 0) is 9.05 Å². The Morgan fingerprint density at radius 3 is 2.68 bits per heavy atom. The van der Waals surface area contributed by atoms with E-state index in [2.05, 4.69) is 5.32 Å². The fraction of sp³-hybridized carbons (Fsp3) is 0.417. The molecule has 0 spiro atoms. The van der Waals surface area contributed by atoms with Gasteiger partial charge in [-0.25, -0.2) is 12.8 Å². The van der Waals surface area contributed by atoms with Gasteiger partial charge in [0.25, 0.3) is 15.0 Å². The van der Waals surface area contributed by atoms with Crippen LogP contribution in [0, 0.1) is 11.7 Å². The van der Waals surface area contributed by atoms with Gasteiger partial charge >= 0.3 is 0 Å². The van der Waals surface area contributed by atoms with Crippen molar-refractivity contribution < 1.29 is 17.6 Å². The Kier molecular flexibility index (Phi) is 3.82. The van der Waals surface area contributed by atoms with Gasteiger partial charge in [-0.05, 0) is 30.5 Å². The largest absolute Gasteiger partial charge is 0.349 e. The molecule has 0 heterocycles. The first-order valence-corrected chi connectivity index (χ1v) is 8.18. The number of carbonyl (C=O) groups excluding carboxylic acids is 1. The first-order valence-electron chi connectivity index (χ1n) is 5.87. The summed E-state index contributed by atoms with van der Waals surface area (Å²) in [4.78, 5) is 11.5. The highest BCUT2D eigenvalue weighted by Gasteiger charge is 2.36. The van der Waals surface area contributed by atoms with Gasteiger partial charge in [-0.3, -0.25) is 4.79 Å². The van der Waals surface area contributed by atoms with E-state index in [1.54, 1.807) is 0 Å². The van der Waals surface area contributed by atoms with E-state index in [1.165, 1.54) is 0 Å². The average molecular weight is 306 g/mol. The molecule has 104 valence electrons. The van der Waals surface area contributed by atoms with Crippen molar-refractivity contribution in [2.45, 2.75) is 30.7 Å². The summed E-state index contributed by atoms with van der Waals surface area (Å²) in [5, 5.41) is 2.73. The molecule has 1 amide bonds. The molecule has 0 saturated heterocycles. The number of hydrogen-bond acceptors (Lipinski definition) is 3. The predicted molar refractivity (Wildman–Crippen MR) is 69.1 cm³/mol. The molecule has 19 heavy (non-hydrogen) atoms. The first-order chi connectivity index (χ1) is 8.81. The zero-order valence-electron chi connectivity index (χ0n) is 10.2. The third-order valence-corrected chi connectivity index (χ3v) is 4.51. The first kappa shape index (κ1) is 14.3. The number of hydrogen-bond donors (Lipinski definition) is 1. The van der Waals surface area contributed by atoms with E-state index in [1.807, 2.05) is 6.92 Å². The van der Waals surface area contributed by atoms with Crippen LogP contribution in [0.5, 0.6) is 0 Å². The smallest absolute Gasteiger partial charge is 0.261 e. The van der Waals surface area contributed by atoms with E-state index in [4.69, 9.17) is 10.7 Å². The third kappa shape index (κ3) is 3.45. The number of halogens is 2. The number of benzene rings is 1. The Hall–Kier alpha value is -1.14. The predicted octanol–water partition coefficient (Wildman–Crippen LogP) is 2.28. The lowest BCUT2D eigenvalue weighted by atomic mass is 10.2. The van der Waals surface area contributed by atoms with Crippen LogP contribution in [0.4, 0.5) is 4.39 Å². The van der Waals surface area contributed by atoms with Gasteiger partial charge in [0.05, 0.1) is 4.90 Å². The second-order valence-corrected chi connectivity index (χ2v) is 7.16. The van der Waals surface area contributed by atoms with Gasteiger partial charge in [-0.1, -0.05) is 13.3 Å². The van der Waals surface area contributed by atoms with Crippen molar-refractivity contribution in [2.24, 2.45) is 5.92 Å². The maximum absolute atomic E-state index is 13.3. The maximum atomic E-state index is 13.3. The topological polar surface area (TPSA) is 63.2 Å². The van der Waals surface area contributed by atoms with E-state index < -0.39 is 25.7 Å². The molecule has 2 atom stereocenters. The second kappa shape index (κ2) is 5.09. The summed E-state index contributed by atoms with van der Waals surface area (Å²) < 4.78 is 35.6. The molecular weight excluding hydrogens is 293 g/mol. The molecule has 0 aliphatic heterocycles. The maximum Gasteiger partial charge on any atom is 0.261 e. The molecule has 1 fully saturated rings. The summed E-state index contributed by atoms with van der Waals surface area (Å²) in [5.74, 6) is -0.842. The molecular formula is C12H13ClFNO3S. The van der Waals surface area contributed by atoms with Gasteiger partial charge in [0.1, 0.15) is 5.82 Å². The normalized spacial score (nSPS) is 22.1. The highest BCUT2D eigenvalue weighted by atomic mass is 35.7. The van der Waals surface area contributed by atoms with Crippen LogP contribution < -0.4 is 5.32 Å². The minimum atomic E-state index is -4.06. The van der Waals surface area contributed by atoms with E-state index in [0.29, 0.717) is 5.92 Å². The van der Waals surface area contributed by atoms with Crippen LogP contribution in [0.25, 0.3) is 0 Å². The summed E-state index contributed by atoms with van der Waals surface area (Å²) in [7, 11) is 1.09. The van der Waals surface area contributed by atoms with Gasteiger partial charge < -0.3 is 5.32 Å². The van der Waals surface area contributed by atoms with Crippen LogP contribution in [0.15, 0.2) is 23.1 Å². The van der Waals surface area contributed by atoms with Gasteiger partial charge in [-0.15, -0.1) is 0 Å². The van der Waals surface area contributed by atoms with Crippen molar-refractivity contribution in [3.05, 3.63) is 29.6 Å². The number of carbonyl (C=O) groups is 1. The minimum absolute atomic E-state index is 0.0408. The monoisotopic (exact) mass is 305 g/mol. The molecule has 0 aromatic heterocycles. The van der Waals surface area contributed by atoms with E-state index in [-0.39, 0.29) is 11.6 Å². The van der Waals surface area contributed by atoms with Crippen molar-refractivity contribution in [3.8, 4) is 0 Å². The standard InChI is InChI=1S/C12H13ClFNO3S/c1-2-7-5-11(7)15-12(16)8-3-9(14)6-10(4-8)19(13,17)18/h3-4,6-7,11H,2,5H2,1H3,(H,15,16). The molecule has 2 rings (SSSR count). The van der Waals surface area contributed by atoms with Crippen molar-refractivity contribution >= 4 is 25.6 Å². The Balaban J connectivity index is 2.20. The van der Waals surface area contributed by atoms with Crippen LogP contribution in [0.3, 0.4) is 0 Å². The average Bonchev–Trinajstić information content (AvgIpc) is 3.05. The fourth-order valence-corrected chi connectivity index (χ4v) is 2.75. The Bertz CT molecular complexity index is 617. The van der Waals surface area contributed by atoms with E-state index >= 15 is 0 Å². The minimum Gasteiger partial charge on any atom is -0.349 e. The lowest BCUT2D eigenvalue weighted by molar-refractivity contribution is 0.0948. The zero-order valence-corrected chi connectivity index (χ0v) is 11.8. The van der Waals surface area contributed by atoms with Crippen molar-refractivity contribution in [1.82, 2.24) is 5.32 Å². The van der Waals surface area contributed by atoms with E-state index in [0.717, 1.165) is 31.0 Å². The molecule has 7 heteroatoms. The highest BCUT2D eigenvalue weighted by molar-refractivity contribution is 8.13. The summed E-state index contributed by atoms with van der Waals surface area (Å²) in [6, 6.07) is 2.94. The van der Waals surface area contributed by atoms with E-state index in [9.17, 15) is 17.6 Å². The van der Waals surface area contributed by atoms with Crippen LogP contribution in [0.1, 0.15) is 30.1 Å². The Morgan fingerprint density at radius 1 is 1.47 bits per heavy atom. The van der Waals surface area contributed by atoms with Gasteiger partial charge in [-0.2, -0.15) is 0 Å². The number of amides is 1. The zero-order chi connectivity index (χ0) is 14.2. The van der Waals surface area contributed by atoms with Crippen LogP contribution >= 0.6 is 10.7 Å². The molecule has 1 aromatic rings. The Labute approximate surface area is 115 Å². The highest BCUT2D eigenvalue weighted by Crippen LogP contribution is 2.33. The van der Waals surface area contributed by atoms with Crippen molar-refractivity contribution in [3.63, 3.8) is 0 Å². The summed E-state index contributed by atoms with van der Waals surface area (Å²) in [5.41, 5.74) is -0.0408. The molecule has 1 N–H and O–H groups in total. The number of nitrogens with one attached hydrogen (secondary N) is 1. The SMILES string of the molecule is CCC1CC1NC(=O)c1cc(F)cc(S(=O)(=O)Cl)c1. The summed E-state index contributed by atoms with van der Waals surface area (Å²) in [6.45, 7) is 2.02. The molecule has 0 radical (unpaired) electrons. The molecule has 2 unspecified atom stereocenters. The van der Waals surface area contributed by atoms with Crippen molar-refractivity contribution in [2.75, 3.05) is 0 Å². The third-order valence-electron chi connectivity index (χ3n) is 3.18. The Morgan fingerprint density at radius 2 is 2.16 bits per heavy atom.